The van der Waals surface area contributed by atoms with E-state index in [-0.39, 0.29) is 0 Å². The first kappa shape index (κ1) is 6.14. The van der Waals surface area contributed by atoms with Gasteiger partial charge in [0, 0.05) is 12.3 Å². The van der Waals surface area contributed by atoms with Gasteiger partial charge in [-0.2, -0.15) is 0 Å². The van der Waals surface area contributed by atoms with Gasteiger partial charge >= 0.3 is 0 Å². The molecule has 0 aromatic rings. The van der Waals surface area contributed by atoms with Crippen molar-refractivity contribution < 1.29 is 4.79 Å². The number of Topliss-reactive ketones (excluding diaryl/α,β-unsaturated/α-hetero) is 1. The number of hydrogen-bond donors (Lipinski definition) is 0. The van der Waals surface area contributed by atoms with E-state index in [1.165, 1.54) is 12.0 Å². The molecule has 0 heterocycles. The summed E-state index contributed by atoms with van der Waals surface area (Å²) in [5.74, 6) is 1.38. The molecule has 0 N–H and O–H groups in total. The predicted molar refractivity (Wildman–Crippen MR) is 39.6 cm³/mol. The van der Waals surface area contributed by atoms with Crippen LogP contribution in [0, 0.1) is 11.8 Å². The number of fused-ring (bicyclic) bond motifs is 2. The molecular weight excluding hydrogens is 124 g/mol. The van der Waals surface area contributed by atoms with E-state index >= 15 is 0 Å². The summed E-state index contributed by atoms with van der Waals surface area (Å²) < 4.78 is 0. The molecule has 2 atom stereocenters. The van der Waals surface area contributed by atoms with Gasteiger partial charge in [0.2, 0.25) is 0 Å². The van der Waals surface area contributed by atoms with Gasteiger partial charge in [0.05, 0.1) is 0 Å². The van der Waals surface area contributed by atoms with Gasteiger partial charge in [-0.25, -0.2) is 0 Å². The van der Waals surface area contributed by atoms with Crippen LogP contribution < -0.4 is 0 Å². The van der Waals surface area contributed by atoms with Crippen molar-refractivity contribution in [2.24, 2.45) is 11.8 Å². The van der Waals surface area contributed by atoms with Crippen molar-refractivity contribution in [3.05, 3.63) is 11.6 Å². The fourth-order valence-corrected chi connectivity index (χ4v) is 2.06. The summed E-state index contributed by atoms with van der Waals surface area (Å²) in [6.07, 6.45) is 5.35. The van der Waals surface area contributed by atoms with E-state index in [9.17, 15) is 4.79 Å². The molecule has 54 valence electrons. The van der Waals surface area contributed by atoms with Crippen molar-refractivity contribution in [2.45, 2.75) is 26.2 Å². The summed E-state index contributed by atoms with van der Waals surface area (Å²) in [5, 5.41) is 0. The molecule has 0 aromatic carbocycles. The number of allylic oxidation sites excluding steroid dienone is 2. The fraction of sp³-hybridized carbons (Fsp3) is 0.667. The molecule has 3 aliphatic carbocycles. The van der Waals surface area contributed by atoms with Gasteiger partial charge in [0.1, 0.15) is 5.78 Å². The summed E-state index contributed by atoms with van der Waals surface area (Å²) in [6, 6.07) is 0. The van der Waals surface area contributed by atoms with Crippen LogP contribution in [0.2, 0.25) is 0 Å². The van der Waals surface area contributed by atoms with E-state index in [2.05, 4.69) is 13.0 Å². The number of hydrogen-bond acceptors (Lipinski definition) is 1. The first-order valence-electron chi connectivity index (χ1n) is 3.98. The van der Waals surface area contributed by atoms with Crippen LogP contribution in [-0.2, 0) is 4.79 Å². The van der Waals surface area contributed by atoms with Gasteiger partial charge < -0.3 is 0 Å². The molecule has 0 aliphatic heterocycles. The molecule has 0 radical (unpaired) electrons. The molecule has 1 heteroatoms. The Labute approximate surface area is 61.1 Å². The Hall–Kier alpha value is -0.590. The molecule has 0 amide bonds. The molecule has 1 saturated carbocycles. The van der Waals surface area contributed by atoms with Crippen LogP contribution in [0.3, 0.4) is 0 Å². The highest BCUT2D eigenvalue weighted by Crippen LogP contribution is 2.37. The highest BCUT2D eigenvalue weighted by Gasteiger charge is 2.32. The van der Waals surface area contributed by atoms with Crippen molar-refractivity contribution in [2.75, 3.05) is 0 Å². The van der Waals surface area contributed by atoms with E-state index in [0.717, 1.165) is 12.8 Å². The van der Waals surface area contributed by atoms with Gasteiger partial charge in [0.25, 0.3) is 0 Å². The monoisotopic (exact) mass is 136 g/mol. The van der Waals surface area contributed by atoms with Crippen LogP contribution >= 0.6 is 0 Å². The second-order valence-corrected chi connectivity index (χ2v) is 3.46. The molecule has 0 aromatic heterocycles. The zero-order chi connectivity index (χ0) is 7.14. The lowest BCUT2D eigenvalue weighted by molar-refractivity contribution is -0.124. The molecule has 3 rings (SSSR count). The molecular formula is C9H12O. The van der Waals surface area contributed by atoms with Crippen LogP contribution in [0.5, 0.6) is 0 Å². The third-order valence-corrected chi connectivity index (χ3v) is 2.80. The van der Waals surface area contributed by atoms with Crippen molar-refractivity contribution in [3.63, 3.8) is 0 Å². The number of ketones is 1. The molecule has 0 unspecified atom stereocenters. The van der Waals surface area contributed by atoms with Crippen LogP contribution in [0.1, 0.15) is 26.2 Å². The highest BCUT2D eigenvalue weighted by atomic mass is 16.1. The molecule has 0 saturated heterocycles. The molecule has 1 nitrogen and oxygen atoms in total. The van der Waals surface area contributed by atoms with E-state index in [1.807, 2.05) is 0 Å². The topological polar surface area (TPSA) is 17.1 Å². The Bertz CT molecular complexity index is 203. The van der Waals surface area contributed by atoms with Gasteiger partial charge in [-0.3, -0.25) is 4.79 Å². The number of rotatable bonds is 0. The predicted octanol–water partition coefficient (Wildman–Crippen LogP) is 1.93. The largest absolute Gasteiger partial charge is 0.299 e. The lowest BCUT2D eigenvalue weighted by atomic mass is 9.71. The minimum Gasteiger partial charge on any atom is -0.299 e. The van der Waals surface area contributed by atoms with Crippen molar-refractivity contribution in [3.8, 4) is 0 Å². The quantitative estimate of drug-likeness (QED) is 0.465. The maximum absolute atomic E-state index is 11.2. The van der Waals surface area contributed by atoms with E-state index in [1.54, 1.807) is 0 Å². The standard InChI is InChI=1S/C9H12O/c1-6-4-8-3-2-7(6)5-9(8)10/h4,7-8H,2-3,5H2,1H3/t7-,8-/m0/s1. The second-order valence-electron chi connectivity index (χ2n) is 3.46. The summed E-state index contributed by atoms with van der Waals surface area (Å²) in [5.41, 5.74) is 1.45. The van der Waals surface area contributed by atoms with Crippen molar-refractivity contribution in [1.29, 1.82) is 0 Å². The van der Waals surface area contributed by atoms with E-state index < -0.39 is 0 Å². The maximum atomic E-state index is 11.2. The van der Waals surface area contributed by atoms with E-state index in [4.69, 9.17) is 0 Å². The molecule has 1 fully saturated rings. The third kappa shape index (κ3) is 0.731. The fourth-order valence-electron chi connectivity index (χ4n) is 2.06. The first-order chi connectivity index (χ1) is 4.77. The number of carbonyl (C=O) groups is 1. The molecule has 2 bridgehead atoms. The van der Waals surface area contributed by atoms with Crippen LogP contribution in [0.4, 0.5) is 0 Å². The van der Waals surface area contributed by atoms with Gasteiger partial charge in [0.15, 0.2) is 0 Å². The van der Waals surface area contributed by atoms with E-state index in [0.29, 0.717) is 17.6 Å². The zero-order valence-corrected chi connectivity index (χ0v) is 6.26. The third-order valence-electron chi connectivity index (χ3n) is 2.80. The van der Waals surface area contributed by atoms with Gasteiger partial charge in [-0.1, -0.05) is 11.6 Å². The first-order valence-corrected chi connectivity index (χ1v) is 3.98. The zero-order valence-electron chi connectivity index (χ0n) is 6.26. The normalized spacial score (nSPS) is 38.1. The summed E-state index contributed by atoms with van der Waals surface area (Å²) in [7, 11) is 0. The van der Waals surface area contributed by atoms with Gasteiger partial charge in [-0.15, -0.1) is 0 Å². The SMILES string of the molecule is CC1=C[C@@H]2CC[C@H]1CC2=O. The highest BCUT2D eigenvalue weighted by molar-refractivity contribution is 5.85. The molecule has 0 spiro atoms. The minimum absolute atomic E-state index is 0.296. The van der Waals surface area contributed by atoms with Crippen molar-refractivity contribution in [1.82, 2.24) is 0 Å². The summed E-state index contributed by atoms with van der Waals surface area (Å²) >= 11 is 0. The Morgan fingerprint density at radius 1 is 1.50 bits per heavy atom. The average molecular weight is 136 g/mol. The lowest BCUT2D eigenvalue weighted by Crippen LogP contribution is -2.29. The van der Waals surface area contributed by atoms with Gasteiger partial charge in [-0.05, 0) is 25.7 Å². The smallest absolute Gasteiger partial charge is 0.140 e. The maximum Gasteiger partial charge on any atom is 0.140 e. The van der Waals surface area contributed by atoms with Crippen LogP contribution in [0.15, 0.2) is 11.6 Å². The lowest BCUT2D eigenvalue weighted by Gasteiger charge is -2.32. The summed E-state index contributed by atoms with van der Waals surface area (Å²) in [6.45, 7) is 2.16. The Morgan fingerprint density at radius 3 is 2.60 bits per heavy atom. The van der Waals surface area contributed by atoms with Crippen LogP contribution in [-0.4, -0.2) is 5.78 Å². The molecule has 3 aliphatic rings. The van der Waals surface area contributed by atoms with Crippen molar-refractivity contribution >= 4 is 5.78 Å². The number of carbonyl (C=O) groups excluding carboxylic acids is 1. The minimum atomic E-state index is 0.296. The summed E-state index contributed by atoms with van der Waals surface area (Å²) in [4.78, 5) is 11.2. The average Bonchev–Trinajstić information content (AvgIpc) is 1.91. The van der Waals surface area contributed by atoms with Crippen LogP contribution in [0.25, 0.3) is 0 Å². The Balaban J connectivity index is 2.34. The Morgan fingerprint density at radius 2 is 2.30 bits per heavy atom. The molecule has 10 heavy (non-hydrogen) atoms. The second kappa shape index (κ2) is 1.94. The Kier molecular flexibility index (Phi) is 1.19.